The molecule has 1 heterocycles. The number of aromatic hydroxyl groups is 1. The summed E-state index contributed by atoms with van der Waals surface area (Å²) in [6.07, 6.45) is 0.264. The normalized spacial score (nSPS) is 12.1. The van der Waals surface area contributed by atoms with E-state index in [0.717, 1.165) is 11.3 Å². The smallest absolute Gasteiger partial charge is 0.246 e. The van der Waals surface area contributed by atoms with E-state index in [9.17, 15) is 9.90 Å². The number of likely N-dealkylation sites (N-methyl/N-ethyl adjacent to an activating group) is 1. The van der Waals surface area contributed by atoms with Gasteiger partial charge in [-0.1, -0.05) is 24.2 Å². The third-order valence-corrected chi connectivity index (χ3v) is 4.40. The SMILES string of the molecule is CCS[C@H](C)c1noc(CN(C)C(=O)Cc2ccc(O)cc2)n1. The number of aromatic nitrogens is 2. The molecule has 0 saturated carbocycles. The van der Waals surface area contributed by atoms with Gasteiger partial charge in [-0.3, -0.25) is 4.79 Å². The highest BCUT2D eigenvalue weighted by Crippen LogP contribution is 2.25. The van der Waals surface area contributed by atoms with Crippen molar-refractivity contribution in [3.05, 3.63) is 41.5 Å². The maximum absolute atomic E-state index is 12.2. The zero-order valence-electron chi connectivity index (χ0n) is 13.5. The second-order valence-corrected chi connectivity index (χ2v) is 6.85. The van der Waals surface area contributed by atoms with Gasteiger partial charge in [-0.05, 0) is 30.4 Å². The molecule has 0 aliphatic rings. The van der Waals surface area contributed by atoms with Crippen LogP contribution in [-0.4, -0.2) is 38.9 Å². The standard InChI is InChI=1S/C16H21N3O3S/c1-4-23-11(2)16-17-14(22-18-16)10-19(3)15(21)9-12-5-7-13(20)8-6-12/h5-8,11,20H,4,9-10H2,1-3H3/t11-/m1/s1. The van der Waals surface area contributed by atoms with E-state index in [4.69, 9.17) is 4.52 Å². The van der Waals surface area contributed by atoms with Crippen LogP contribution in [0, 0.1) is 0 Å². The van der Waals surface area contributed by atoms with Gasteiger partial charge >= 0.3 is 0 Å². The Balaban J connectivity index is 1.91. The van der Waals surface area contributed by atoms with E-state index in [1.165, 1.54) is 0 Å². The fraction of sp³-hybridized carbons (Fsp3) is 0.438. The van der Waals surface area contributed by atoms with E-state index in [0.29, 0.717) is 11.7 Å². The van der Waals surface area contributed by atoms with E-state index < -0.39 is 0 Å². The lowest BCUT2D eigenvalue weighted by Crippen LogP contribution is -2.27. The number of thioether (sulfide) groups is 1. The summed E-state index contributed by atoms with van der Waals surface area (Å²) < 4.78 is 5.22. The van der Waals surface area contributed by atoms with Crippen molar-refractivity contribution in [3.8, 4) is 5.75 Å². The van der Waals surface area contributed by atoms with Crippen LogP contribution in [0.15, 0.2) is 28.8 Å². The van der Waals surface area contributed by atoms with Gasteiger partial charge in [-0.15, -0.1) is 0 Å². The average molecular weight is 335 g/mol. The fourth-order valence-corrected chi connectivity index (χ4v) is 2.78. The third kappa shape index (κ3) is 4.99. The molecule has 0 fully saturated rings. The maximum Gasteiger partial charge on any atom is 0.246 e. The Morgan fingerprint density at radius 3 is 2.74 bits per heavy atom. The quantitative estimate of drug-likeness (QED) is 0.838. The Labute approximate surface area is 139 Å². The molecule has 0 spiro atoms. The molecule has 6 nitrogen and oxygen atoms in total. The Bertz CT molecular complexity index is 642. The maximum atomic E-state index is 12.2. The van der Waals surface area contributed by atoms with Crippen molar-refractivity contribution in [2.75, 3.05) is 12.8 Å². The Morgan fingerprint density at radius 1 is 1.39 bits per heavy atom. The highest BCUT2D eigenvalue weighted by molar-refractivity contribution is 7.99. The largest absolute Gasteiger partial charge is 0.508 e. The van der Waals surface area contributed by atoms with Crippen molar-refractivity contribution in [1.29, 1.82) is 0 Å². The van der Waals surface area contributed by atoms with Gasteiger partial charge < -0.3 is 14.5 Å². The molecule has 7 heteroatoms. The van der Waals surface area contributed by atoms with Gasteiger partial charge in [0.25, 0.3) is 0 Å². The number of nitrogens with zero attached hydrogens (tertiary/aromatic N) is 3. The first-order valence-corrected chi connectivity index (χ1v) is 8.50. The summed E-state index contributed by atoms with van der Waals surface area (Å²) in [7, 11) is 1.71. The van der Waals surface area contributed by atoms with Crippen LogP contribution in [0.5, 0.6) is 5.75 Å². The molecule has 0 saturated heterocycles. The van der Waals surface area contributed by atoms with Crippen molar-refractivity contribution in [1.82, 2.24) is 15.0 Å². The van der Waals surface area contributed by atoms with Crippen molar-refractivity contribution in [2.24, 2.45) is 0 Å². The van der Waals surface area contributed by atoms with Crippen LogP contribution in [0.25, 0.3) is 0 Å². The van der Waals surface area contributed by atoms with Crippen molar-refractivity contribution >= 4 is 17.7 Å². The van der Waals surface area contributed by atoms with Crippen LogP contribution >= 0.6 is 11.8 Å². The number of hydrogen-bond acceptors (Lipinski definition) is 6. The van der Waals surface area contributed by atoms with E-state index in [1.54, 1.807) is 48.0 Å². The number of amides is 1. The summed E-state index contributed by atoms with van der Waals surface area (Å²) in [6.45, 7) is 4.40. The zero-order valence-corrected chi connectivity index (χ0v) is 14.3. The molecule has 1 amide bonds. The lowest BCUT2D eigenvalue weighted by atomic mass is 10.1. The summed E-state index contributed by atoms with van der Waals surface area (Å²) in [5.74, 6) is 2.21. The van der Waals surface area contributed by atoms with Gasteiger partial charge in [0.2, 0.25) is 11.8 Å². The number of carbonyl (C=O) groups excluding carboxylic acids is 1. The average Bonchev–Trinajstić information content (AvgIpc) is 2.98. The zero-order chi connectivity index (χ0) is 16.8. The molecule has 1 aromatic carbocycles. The van der Waals surface area contributed by atoms with Gasteiger partial charge in [0, 0.05) is 7.05 Å². The summed E-state index contributed by atoms with van der Waals surface area (Å²) in [5, 5.41) is 13.4. The molecule has 1 N–H and O–H groups in total. The van der Waals surface area contributed by atoms with Crippen molar-refractivity contribution in [3.63, 3.8) is 0 Å². The molecule has 0 bridgehead atoms. The van der Waals surface area contributed by atoms with Gasteiger partial charge in [-0.2, -0.15) is 16.7 Å². The first kappa shape index (κ1) is 17.3. The summed E-state index contributed by atoms with van der Waals surface area (Å²) in [4.78, 5) is 18.1. The Hall–Kier alpha value is -2.02. The fourth-order valence-electron chi connectivity index (χ4n) is 2.04. The van der Waals surface area contributed by atoms with Crippen LogP contribution in [0.1, 0.15) is 36.4 Å². The molecule has 1 aromatic heterocycles. The lowest BCUT2D eigenvalue weighted by Gasteiger charge is -2.14. The van der Waals surface area contributed by atoms with E-state index in [2.05, 4.69) is 17.1 Å². The first-order valence-electron chi connectivity index (χ1n) is 7.45. The number of phenolic OH excluding ortho intramolecular Hbond substituents is 1. The molecule has 23 heavy (non-hydrogen) atoms. The predicted octanol–water partition coefficient (Wildman–Crippen LogP) is 2.79. The minimum atomic E-state index is -0.0496. The minimum absolute atomic E-state index is 0.0496. The van der Waals surface area contributed by atoms with Crippen LogP contribution in [-0.2, 0) is 17.8 Å². The lowest BCUT2D eigenvalue weighted by molar-refractivity contribution is -0.130. The van der Waals surface area contributed by atoms with Gasteiger partial charge in [0.05, 0.1) is 18.2 Å². The molecular weight excluding hydrogens is 314 g/mol. The third-order valence-electron chi connectivity index (χ3n) is 3.35. The molecule has 2 aromatic rings. The highest BCUT2D eigenvalue weighted by atomic mass is 32.2. The molecule has 0 radical (unpaired) electrons. The van der Waals surface area contributed by atoms with E-state index in [-0.39, 0.29) is 29.9 Å². The van der Waals surface area contributed by atoms with E-state index in [1.807, 2.05) is 6.92 Å². The van der Waals surface area contributed by atoms with Gasteiger partial charge in [0.1, 0.15) is 5.75 Å². The molecular formula is C16H21N3O3S. The molecule has 124 valence electrons. The number of phenols is 1. The first-order chi connectivity index (χ1) is 11.0. The predicted molar refractivity (Wildman–Crippen MR) is 89.1 cm³/mol. The molecule has 2 rings (SSSR count). The van der Waals surface area contributed by atoms with Gasteiger partial charge in [0.15, 0.2) is 5.82 Å². The topological polar surface area (TPSA) is 79.5 Å². The van der Waals surface area contributed by atoms with Crippen molar-refractivity contribution < 1.29 is 14.4 Å². The van der Waals surface area contributed by atoms with Gasteiger partial charge in [-0.25, -0.2) is 0 Å². The molecule has 0 unspecified atom stereocenters. The molecule has 0 aliphatic heterocycles. The number of hydrogen-bond donors (Lipinski definition) is 1. The second-order valence-electron chi connectivity index (χ2n) is 5.24. The van der Waals surface area contributed by atoms with Crippen LogP contribution in [0.4, 0.5) is 0 Å². The van der Waals surface area contributed by atoms with Crippen molar-refractivity contribution in [2.45, 2.75) is 32.1 Å². The number of benzene rings is 1. The van der Waals surface area contributed by atoms with Crippen LogP contribution < -0.4 is 0 Å². The number of rotatable bonds is 7. The van der Waals surface area contributed by atoms with Crippen LogP contribution in [0.2, 0.25) is 0 Å². The second kappa shape index (κ2) is 8.01. The Morgan fingerprint density at radius 2 is 2.09 bits per heavy atom. The summed E-state index contributed by atoms with van der Waals surface area (Å²) in [5.41, 5.74) is 0.846. The highest BCUT2D eigenvalue weighted by Gasteiger charge is 2.17. The minimum Gasteiger partial charge on any atom is -0.508 e. The van der Waals surface area contributed by atoms with Crippen LogP contribution in [0.3, 0.4) is 0 Å². The van der Waals surface area contributed by atoms with E-state index >= 15 is 0 Å². The number of carbonyl (C=O) groups is 1. The monoisotopic (exact) mass is 335 g/mol. The molecule has 1 atom stereocenters. The summed E-state index contributed by atoms with van der Waals surface area (Å²) >= 11 is 1.74. The summed E-state index contributed by atoms with van der Waals surface area (Å²) in [6, 6.07) is 6.60. The Kier molecular flexibility index (Phi) is 6.04. The molecule has 0 aliphatic carbocycles.